The van der Waals surface area contributed by atoms with Crippen molar-refractivity contribution in [1.82, 2.24) is 15.1 Å². The van der Waals surface area contributed by atoms with Crippen molar-refractivity contribution in [3.05, 3.63) is 29.6 Å². The molecular formula is C17H18FN3O4. The smallest absolute Gasteiger partial charge is 0.325 e. The zero-order valence-corrected chi connectivity index (χ0v) is 13.5. The molecule has 7 nitrogen and oxygen atoms in total. The molecule has 1 saturated heterocycles. The van der Waals surface area contributed by atoms with E-state index in [1.165, 1.54) is 12.1 Å². The van der Waals surface area contributed by atoms with Crippen LogP contribution in [0.3, 0.4) is 0 Å². The van der Waals surface area contributed by atoms with Crippen LogP contribution in [0.2, 0.25) is 0 Å². The maximum absolute atomic E-state index is 13.6. The quantitative estimate of drug-likeness (QED) is 0.823. The number of nitrogens with zero attached hydrogens (tertiary/aromatic N) is 2. The van der Waals surface area contributed by atoms with Gasteiger partial charge in [-0.05, 0) is 37.0 Å². The van der Waals surface area contributed by atoms with E-state index in [-0.39, 0.29) is 31.6 Å². The summed E-state index contributed by atoms with van der Waals surface area (Å²) in [6.45, 7) is 0.139. The van der Waals surface area contributed by atoms with Gasteiger partial charge in [0.25, 0.3) is 5.91 Å². The maximum atomic E-state index is 13.6. The summed E-state index contributed by atoms with van der Waals surface area (Å²) >= 11 is 0. The van der Waals surface area contributed by atoms with Crippen LogP contribution in [0, 0.1) is 11.7 Å². The summed E-state index contributed by atoms with van der Waals surface area (Å²) in [6, 6.07) is 3.57. The lowest BCUT2D eigenvalue weighted by atomic mass is 10.1. The Hall–Kier alpha value is -2.64. The molecule has 1 saturated carbocycles. The van der Waals surface area contributed by atoms with Gasteiger partial charge in [0.2, 0.25) is 5.91 Å². The Balaban J connectivity index is 1.58. The summed E-state index contributed by atoms with van der Waals surface area (Å²) in [6.07, 6.45) is 2.01. The number of ether oxygens (including phenoxy) is 1. The van der Waals surface area contributed by atoms with E-state index >= 15 is 0 Å². The molecule has 132 valence electrons. The second-order valence-corrected chi connectivity index (χ2v) is 6.63. The Morgan fingerprint density at radius 1 is 1.32 bits per heavy atom. The molecule has 25 heavy (non-hydrogen) atoms. The van der Waals surface area contributed by atoms with E-state index in [9.17, 15) is 18.8 Å². The van der Waals surface area contributed by atoms with E-state index < -0.39 is 17.8 Å². The molecule has 1 atom stereocenters. The van der Waals surface area contributed by atoms with Gasteiger partial charge in [0.15, 0.2) is 0 Å². The van der Waals surface area contributed by atoms with Crippen LogP contribution in [0.1, 0.15) is 18.4 Å². The van der Waals surface area contributed by atoms with Crippen molar-refractivity contribution >= 4 is 17.8 Å². The fourth-order valence-corrected chi connectivity index (χ4v) is 3.36. The molecule has 1 N–H and O–H groups in total. The zero-order chi connectivity index (χ0) is 17.6. The molecular weight excluding hydrogens is 329 g/mol. The molecule has 1 aromatic carbocycles. The first-order valence-electron chi connectivity index (χ1n) is 8.32. The Morgan fingerprint density at radius 2 is 2.12 bits per heavy atom. The molecule has 3 aliphatic rings. The van der Waals surface area contributed by atoms with Crippen LogP contribution in [-0.2, 0) is 16.1 Å². The number of hydrogen-bond acceptors (Lipinski definition) is 4. The van der Waals surface area contributed by atoms with Crippen molar-refractivity contribution in [1.29, 1.82) is 0 Å². The van der Waals surface area contributed by atoms with E-state index in [1.54, 1.807) is 11.0 Å². The van der Waals surface area contributed by atoms with Crippen molar-refractivity contribution in [3.8, 4) is 5.75 Å². The first kappa shape index (κ1) is 15.9. The van der Waals surface area contributed by atoms with Crippen molar-refractivity contribution in [3.63, 3.8) is 0 Å². The Labute approximate surface area is 143 Å². The lowest BCUT2D eigenvalue weighted by Gasteiger charge is -2.30. The molecule has 2 aliphatic heterocycles. The van der Waals surface area contributed by atoms with Crippen molar-refractivity contribution in [2.45, 2.75) is 25.4 Å². The zero-order valence-electron chi connectivity index (χ0n) is 13.5. The van der Waals surface area contributed by atoms with Gasteiger partial charge in [0, 0.05) is 12.1 Å². The van der Waals surface area contributed by atoms with Gasteiger partial charge in [-0.3, -0.25) is 14.5 Å². The third-order valence-corrected chi connectivity index (χ3v) is 4.89. The number of urea groups is 1. The molecule has 2 fully saturated rings. The highest BCUT2D eigenvalue weighted by Gasteiger charge is 2.41. The number of carbonyl (C=O) groups is 3. The summed E-state index contributed by atoms with van der Waals surface area (Å²) in [4.78, 5) is 38.8. The highest BCUT2D eigenvalue weighted by molar-refractivity contribution is 6.04. The summed E-state index contributed by atoms with van der Waals surface area (Å²) in [5.74, 6) is -0.237. The number of nitrogens with one attached hydrogen (secondary N) is 1. The number of halogens is 1. The molecule has 2 heterocycles. The van der Waals surface area contributed by atoms with Gasteiger partial charge in [-0.25, -0.2) is 9.18 Å². The van der Waals surface area contributed by atoms with Gasteiger partial charge < -0.3 is 15.0 Å². The molecule has 4 amide bonds. The summed E-state index contributed by atoms with van der Waals surface area (Å²) in [5, 5.41) is 2.40. The minimum absolute atomic E-state index is 0.0880. The van der Waals surface area contributed by atoms with Crippen molar-refractivity contribution < 1.29 is 23.5 Å². The van der Waals surface area contributed by atoms with Crippen LogP contribution < -0.4 is 10.1 Å². The molecule has 0 aromatic heterocycles. The average molecular weight is 347 g/mol. The number of amides is 4. The van der Waals surface area contributed by atoms with Crippen LogP contribution in [0.25, 0.3) is 0 Å². The van der Waals surface area contributed by atoms with Gasteiger partial charge in [-0.1, -0.05) is 0 Å². The van der Waals surface area contributed by atoms with Crippen LogP contribution in [-0.4, -0.2) is 53.4 Å². The van der Waals surface area contributed by atoms with E-state index in [2.05, 4.69) is 5.32 Å². The minimum Gasteiger partial charge on any atom is -0.491 e. The molecule has 1 aromatic rings. The third kappa shape index (κ3) is 3.04. The lowest BCUT2D eigenvalue weighted by Crippen LogP contribution is -2.48. The predicted octanol–water partition coefficient (Wildman–Crippen LogP) is 0.877. The first-order chi connectivity index (χ1) is 12.0. The predicted molar refractivity (Wildman–Crippen MR) is 84.1 cm³/mol. The fourth-order valence-electron chi connectivity index (χ4n) is 3.36. The summed E-state index contributed by atoms with van der Waals surface area (Å²) in [5.41, 5.74) is 0.591. The molecule has 0 bridgehead atoms. The second kappa shape index (κ2) is 6.02. The Kier molecular flexibility index (Phi) is 3.82. The summed E-state index contributed by atoms with van der Waals surface area (Å²) < 4.78 is 19.4. The standard InChI is InChI=1S/C17H18FN3O4/c18-12-3-4-14-11(5-12)7-20(13(9-25-14)10-1-2-10)16(23)8-21-15(22)6-19-17(21)24/h3-5,10,13H,1-2,6-9H2,(H,19,24)/t13-/m0/s1. The summed E-state index contributed by atoms with van der Waals surface area (Å²) in [7, 11) is 0. The average Bonchev–Trinajstić information content (AvgIpc) is 3.38. The molecule has 8 heteroatoms. The highest BCUT2D eigenvalue weighted by Crippen LogP contribution is 2.38. The van der Waals surface area contributed by atoms with Crippen LogP contribution >= 0.6 is 0 Å². The molecule has 4 rings (SSSR count). The molecule has 0 unspecified atom stereocenters. The topological polar surface area (TPSA) is 79.0 Å². The van der Waals surface area contributed by atoms with Crippen LogP contribution in [0.5, 0.6) is 5.75 Å². The van der Waals surface area contributed by atoms with E-state index in [1.807, 2.05) is 0 Å². The largest absolute Gasteiger partial charge is 0.491 e. The molecule has 1 aliphatic carbocycles. The van der Waals surface area contributed by atoms with Crippen LogP contribution in [0.4, 0.5) is 9.18 Å². The molecule has 0 radical (unpaired) electrons. The Bertz CT molecular complexity index is 733. The lowest BCUT2D eigenvalue weighted by molar-refractivity contribution is -0.139. The van der Waals surface area contributed by atoms with E-state index in [4.69, 9.17) is 4.74 Å². The van der Waals surface area contributed by atoms with E-state index in [0.29, 0.717) is 23.8 Å². The van der Waals surface area contributed by atoms with Crippen molar-refractivity contribution in [2.75, 3.05) is 19.7 Å². The SMILES string of the molecule is O=C1CNC(=O)N1CC(=O)N1Cc2cc(F)ccc2OC[C@H]1C1CC1. The van der Waals surface area contributed by atoms with E-state index in [0.717, 1.165) is 17.7 Å². The Morgan fingerprint density at radius 3 is 2.80 bits per heavy atom. The third-order valence-electron chi connectivity index (χ3n) is 4.89. The number of imide groups is 1. The monoisotopic (exact) mass is 347 g/mol. The fraction of sp³-hybridized carbons (Fsp3) is 0.471. The van der Waals surface area contributed by atoms with Gasteiger partial charge in [-0.15, -0.1) is 0 Å². The number of benzene rings is 1. The first-order valence-corrected chi connectivity index (χ1v) is 8.32. The van der Waals surface area contributed by atoms with Crippen LogP contribution in [0.15, 0.2) is 18.2 Å². The molecule has 0 spiro atoms. The minimum atomic E-state index is -0.557. The van der Waals surface area contributed by atoms with Crippen molar-refractivity contribution in [2.24, 2.45) is 5.92 Å². The van der Waals surface area contributed by atoms with Gasteiger partial charge in [0.1, 0.15) is 24.7 Å². The number of fused-ring (bicyclic) bond motifs is 1. The van der Waals surface area contributed by atoms with Gasteiger partial charge in [0.05, 0.1) is 12.6 Å². The van der Waals surface area contributed by atoms with Gasteiger partial charge >= 0.3 is 6.03 Å². The normalized spacial score (nSPS) is 23.0. The number of rotatable bonds is 3. The number of hydrogen-bond donors (Lipinski definition) is 1. The van der Waals surface area contributed by atoms with Gasteiger partial charge in [-0.2, -0.15) is 0 Å². The highest BCUT2D eigenvalue weighted by atomic mass is 19.1. The second-order valence-electron chi connectivity index (χ2n) is 6.63. The number of carbonyl (C=O) groups excluding carboxylic acids is 3. The maximum Gasteiger partial charge on any atom is 0.325 e.